The first-order chi connectivity index (χ1) is 5.99. The molecule has 0 spiro atoms. The van der Waals surface area contributed by atoms with Gasteiger partial charge in [-0.15, -0.1) is 0 Å². The third-order valence-corrected chi connectivity index (χ3v) is 2.58. The Morgan fingerprint density at radius 2 is 2.15 bits per heavy atom. The molecule has 0 aliphatic carbocycles. The van der Waals surface area contributed by atoms with Gasteiger partial charge in [0.05, 0.1) is 6.61 Å². The first-order valence-corrected chi connectivity index (χ1v) is 7.65. The van der Waals surface area contributed by atoms with E-state index in [1.165, 1.54) is 0 Å². The van der Waals surface area contributed by atoms with Gasteiger partial charge in [0.1, 0.15) is 0 Å². The summed E-state index contributed by atoms with van der Waals surface area (Å²) >= 11 is 0. The van der Waals surface area contributed by atoms with E-state index < -0.39 is 8.56 Å². The van der Waals surface area contributed by atoms with E-state index in [4.69, 9.17) is 10.2 Å². The highest BCUT2D eigenvalue weighted by Crippen LogP contribution is 2.01. The zero-order chi connectivity index (χ0) is 10.3. The molecule has 1 atom stereocenters. The second-order valence-corrected chi connectivity index (χ2v) is 6.79. The predicted octanol–water partition coefficient (Wildman–Crippen LogP) is 0.0240. The molecule has 0 amide bonds. The Bertz CT molecular complexity index is 128. The summed E-state index contributed by atoms with van der Waals surface area (Å²) in [5.41, 5.74) is 5.37. The Balaban J connectivity index is 3.59. The van der Waals surface area contributed by atoms with Gasteiger partial charge in [0.25, 0.3) is 0 Å². The van der Waals surface area contributed by atoms with Gasteiger partial charge < -0.3 is 20.3 Å². The Morgan fingerprint density at radius 3 is 2.54 bits per heavy atom. The van der Waals surface area contributed by atoms with E-state index in [1.54, 1.807) is 13.1 Å². The summed E-state index contributed by atoms with van der Waals surface area (Å²) < 4.78 is 5.37. The molecule has 0 bridgehead atoms. The molecule has 0 saturated carbocycles. The summed E-state index contributed by atoms with van der Waals surface area (Å²) in [6.07, 6.45) is 0.991. The first kappa shape index (κ1) is 13.1. The minimum atomic E-state index is -2.35. The molecule has 0 aromatic carbocycles. The molecule has 1 unspecified atom stereocenters. The third-order valence-electron chi connectivity index (χ3n) is 1.71. The molecule has 13 heavy (non-hydrogen) atoms. The van der Waals surface area contributed by atoms with Crippen LogP contribution in [0.1, 0.15) is 13.3 Å². The lowest BCUT2D eigenvalue weighted by Crippen LogP contribution is -2.41. The lowest BCUT2D eigenvalue weighted by molar-refractivity contribution is 0.207. The zero-order valence-corrected chi connectivity index (χ0v) is 9.84. The molecule has 0 aromatic rings. The van der Waals surface area contributed by atoms with Crippen LogP contribution in [0.4, 0.5) is 0 Å². The topological polar surface area (TPSA) is 67.5 Å². The van der Waals surface area contributed by atoms with Crippen LogP contribution in [0.25, 0.3) is 0 Å². The second kappa shape index (κ2) is 6.50. The van der Waals surface area contributed by atoms with E-state index in [-0.39, 0.29) is 0 Å². The minimum Gasteiger partial charge on any atom is -0.411 e. The van der Waals surface area contributed by atoms with Crippen molar-refractivity contribution in [1.82, 2.24) is 5.32 Å². The maximum atomic E-state index is 9.45. The van der Waals surface area contributed by atoms with E-state index in [9.17, 15) is 4.80 Å². The van der Waals surface area contributed by atoms with Crippen LogP contribution in [0, 0.1) is 0 Å². The molecule has 0 heterocycles. The van der Waals surface area contributed by atoms with E-state index in [2.05, 4.69) is 12.2 Å². The van der Waals surface area contributed by atoms with Crippen molar-refractivity contribution >= 4 is 8.56 Å². The second-order valence-electron chi connectivity index (χ2n) is 3.61. The lowest BCUT2D eigenvalue weighted by Gasteiger charge is -2.21. The Morgan fingerprint density at radius 1 is 1.54 bits per heavy atom. The standard InChI is InChI=1S/C8H22N2O2Si/c1-4-8(10-6-5-9)7-12-13(2,3)11/h8,10-11H,4-7,9H2,1-3H3. The van der Waals surface area contributed by atoms with E-state index in [0.29, 0.717) is 19.2 Å². The number of hydrogen-bond acceptors (Lipinski definition) is 4. The van der Waals surface area contributed by atoms with Crippen molar-refractivity contribution in [3.05, 3.63) is 0 Å². The average molecular weight is 206 g/mol. The Hall–Kier alpha value is 0.0569. The average Bonchev–Trinajstić information content (AvgIpc) is 2.03. The van der Waals surface area contributed by atoms with Gasteiger partial charge in [-0.05, 0) is 19.5 Å². The number of nitrogens with one attached hydrogen (secondary N) is 1. The van der Waals surface area contributed by atoms with Crippen molar-refractivity contribution < 1.29 is 9.22 Å². The van der Waals surface area contributed by atoms with Crippen molar-refractivity contribution in [3.63, 3.8) is 0 Å². The number of hydrogen-bond donors (Lipinski definition) is 3. The van der Waals surface area contributed by atoms with Gasteiger partial charge in [-0.1, -0.05) is 6.92 Å². The summed E-state index contributed by atoms with van der Waals surface area (Å²) in [4.78, 5) is 9.45. The fraction of sp³-hybridized carbons (Fsp3) is 1.00. The largest absolute Gasteiger partial charge is 0.411 e. The monoisotopic (exact) mass is 206 g/mol. The summed E-state index contributed by atoms with van der Waals surface area (Å²) in [6, 6.07) is 0.308. The molecular formula is C8H22N2O2Si. The van der Waals surface area contributed by atoms with Gasteiger partial charge >= 0.3 is 8.56 Å². The van der Waals surface area contributed by atoms with Gasteiger partial charge in [-0.25, -0.2) is 0 Å². The predicted molar refractivity (Wildman–Crippen MR) is 56.8 cm³/mol. The third kappa shape index (κ3) is 8.39. The van der Waals surface area contributed by atoms with Crippen molar-refractivity contribution in [2.24, 2.45) is 5.73 Å². The van der Waals surface area contributed by atoms with Crippen LogP contribution in [0.3, 0.4) is 0 Å². The van der Waals surface area contributed by atoms with Gasteiger partial charge in [0.2, 0.25) is 0 Å². The van der Waals surface area contributed by atoms with Crippen molar-refractivity contribution in [2.75, 3.05) is 19.7 Å². The quantitative estimate of drug-likeness (QED) is 0.514. The molecular weight excluding hydrogens is 184 g/mol. The van der Waals surface area contributed by atoms with Crippen molar-refractivity contribution in [2.45, 2.75) is 32.5 Å². The summed E-state index contributed by atoms with van der Waals surface area (Å²) in [5, 5.41) is 3.25. The van der Waals surface area contributed by atoms with E-state index in [0.717, 1.165) is 13.0 Å². The van der Waals surface area contributed by atoms with Gasteiger partial charge in [-0.2, -0.15) is 0 Å². The molecule has 0 saturated heterocycles. The summed E-state index contributed by atoms with van der Waals surface area (Å²) in [7, 11) is -2.35. The van der Waals surface area contributed by atoms with E-state index in [1.807, 2.05) is 0 Å². The first-order valence-electron chi connectivity index (χ1n) is 4.79. The Labute approximate surface area is 81.7 Å². The summed E-state index contributed by atoms with van der Waals surface area (Å²) in [6.45, 7) is 7.63. The summed E-state index contributed by atoms with van der Waals surface area (Å²) in [5.74, 6) is 0. The normalized spacial score (nSPS) is 14.5. The Kier molecular flexibility index (Phi) is 6.53. The van der Waals surface area contributed by atoms with Crippen LogP contribution in [0.5, 0.6) is 0 Å². The van der Waals surface area contributed by atoms with Crippen molar-refractivity contribution in [1.29, 1.82) is 0 Å². The van der Waals surface area contributed by atoms with Crippen molar-refractivity contribution in [3.8, 4) is 0 Å². The van der Waals surface area contributed by atoms with Crippen LogP contribution in [-0.2, 0) is 4.43 Å². The molecule has 0 radical (unpaired) electrons. The van der Waals surface area contributed by atoms with Crippen LogP contribution in [0.15, 0.2) is 0 Å². The highest BCUT2D eigenvalue weighted by molar-refractivity contribution is 6.63. The molecule has 5 heteroatoms. The molecule has 0 aliphatic heterocycles. The van der Waals surface area contributed by atoms with Gasteiger partial charge in [0.15, 0.2) is 0 Å². The van der Waals surface area contributed by atoms with Gasteiger partial charge in [0, 0.05) is 19.1 Å². The molecule has 0 rings (SSSR count). The molecule has 0 aromatic heterocycles. The molecule has 0 aliphatic rings. The van der Waals surface area contributed by atoms with Crippen LogP contribution in [0.2, 0.25) is 13.1 Å². The molecule has 4 N–H and O–H groups in total. The molecule has 80 valence electrons. The van der Waals surface area contributed by atoms with Crippen LogP contribution in [-0.4, -0.2) is 39.1 Å². The molecule has 4 nitrogen and oxygen atoms in total. The SMILES string of the molecule is CCC(CO[Si](C)(C)O)NCCN. The smallest absolute Gasteiger partial charge is 0.329 e. The molecule has 0 fully saturated rings. The fourth-order valence-electron chi connectivity index (χ4n) is 0.913. The number of nitrogens with two attached hydrogens (primary N) is 1. The zero-order valence-electron chi connectivity index (χ0n) is 8.84. The van der Waals surface area contributed by atoms with E-state index >= 15 is 0 Å². The maximum Gasteiger partial charge on any atom is 0.329 e. The number of rotatable bonds is 7. The lowest BCUT2D eigenvalue weighted by atomic mass is 10.2. The van der Waals surface area contributed by atoms with Crippen LogP contribution < -0.4 is 11.1 Å². The van der Waals surface area contributed by atoms with Gasteiger partial charge in [-0.3, -0.25) is 0 Å². The minimum absolute atomic E-state index is 0.308. The highest BCUT2D eigenvalue weighted by atomic mass is 28.4. The highest BCUT2D eigenvalue weighted by Gasteiger charge is 2.19. The van der Waals surface area contributed by atoms with Crippen LogP contribution >= 0.6 is 0 Å². The fourth-order valence-corrected chi connectivity index (χ4v) is 1.52. The maximum absolute atomic E-state index is 9.45.